The monoisotopic (exact) mass is 292 g/mol. The largest absolute Gasteiger partial charge is 0.463 e. The van der Waals surface area contributed by atoms with Gasteiger partial charge in [0.05, 0.1) is 6.61 Å². The highest BCUT2D eigenvalue weighted by Gasteiger charge is 2.09. The van der Waals surface area contributed by atoms with Crippen LogP contribution in [-0.4, -0.2) is 35.5 Å². The van der Waals surface area contributed by atoms with Crippen LogP contribution in [-0.2, 0) is 9.53 Å². The van der Waals surface area contributed by atoms with E-state index in [4.69, 9.17) is 14.9 Å². The van der Waals surface area contributed by atoms with Crippen molar-refractivity contribution < 1.29 is 19.7 Å². The molecule has 1 rings (SSSR count). The molecule has 1 atom stereocenters. The number of ether oxygens (including phenoxy) is 1. The molecule has 0 fully saturated rings. The number of aliphatic hydroxyl groups is 2. The SMILES string of the molecule is C/C=C(/CCCC(=O)OCC(O)CO)c1ccccc1C. The van der Waals surface area contributed by atoms with Crippen molar-refractivity contribution >= 4 is 11.5 Å². The zero-order valence-corrected chi connectivity index (χ0v) is 12.7. The molecule has 21 heavy (non-hydrogen) atoms. The second-order valence-corrected chi connectivity index (χ2v) is 5.00. The first kappa shape index (κ1) is 17.4. The average molecular weight is 292 g/mol. The van der Waals surface area contributed by atoms with Gasteiger partial charge in [-0.25, -0.2) is 0 Å². The molecular weight excluding hydrogens is 268 g/mol. The van der Waals surface area contributed by atoms with Gasteiger partial charge in [-0.1, -0.05) is 30.3 Å². The van der Waals surface area contributed by atoms with Crippen LogP contribution in [0.3, 0.4) is 0 Å². The van der Waals surface area contributed by atoms with Gasteiger partial charge in [-0.15, -0.1) is 0 Å². The summed E-state index contributed by atoms with van der Waals surface area (Å²) in [5, 5.41) is 17.7. The third kappa shape index (κ3) is 6.10. The van der Waals surface area contributed by atoms with Crippen LogP contribution >= 0.6 is 0 Å². The van der Waals surface area contributed by atoms with E-state index in [2.05, 4.69) is 25.1 Å². The Hall–Kier alpha value is -1.65. The molecule has 0 radical (unpaired) electrons. The van der Waals surface area contributed by atoms with Gasteiger partial charge in [-0.3, -0.25) is 4.79 Å². The maximum absolute atomic E-state index is 11.5. The average Bonchev–Trinajstić information content (AvgIpc) is 2.50. The number of carbonyl (C=O) groups excluding carboxylic acids is 1. The number of esters is 1. The van der Waals surface area contributed by atoms with E-state index in [1.165, 1.54) is 16.7 Å². The van der Waals surface area contributed by atoms with Gasteiger partial charge in [-0.2, -0.15) is 0 Å². The lowest BCUT2D eigenvalue weighted by Gasteiger charge is -2.11. The zero-order valence-electron chi connectivity index (χ0n) is 12.7. The molecule has 0 heterocycles. The minimum Gasteiger partial charge on any atom is -0.463 e. The molecule has 1 aromatic carbocycles. The molecule has 116 valence electrons. The summed E-state index contributed by atoms with van der Waals surface area (Å²) in [5.41, 5.74) is 3.65. The first-order valence-corrected chi connectivity index (χ1v) is 7.24. The van der Waals surface area contributed by atoms with Gasteiger partial charge in [0, 0.05) is 6.42 Å². The molecule has 1 unspecified atom stereocenters. The molecule has 2 N–H and O–H groups in total. The molecule has 0 saturated carbocycles. The number of aliphatic hydroxyl groups excluding tert-OH is 2. The molecule has 0 bridgehead atoms. The summed E-state index contributed by atoms with van der Waals surface area (Å²) in [6, 6.07) is 8.18. The number of hydrogen-bond donors (Lipinski definition) is 2. The molecule has 0 aliphatic carbocycles. The molecule has 0 saturated heterocycles. The molecule has 1 aromatic rings. The Labute approximate surface area is 126 Å². The second kappa shape index (κ2) is 9.32. The Morgan fingerprint density at radius 1 is 1.33 bits per heavy atom. The summed E-state index contributed by atoms with van der Waals surface area (Å²) in [5.74, 6) is -0.345. The molecule has 0 aliphatic heterocycles. The number of aryl methyl sites for hydroxylation is 1. The molecule has 4 heteroatoms. The maximum atomic E-state index is 11.5. The first-order valence-electron chi connectivity index (χ1n) is 7.24. The van der Waals surface area contributed by atoms with Gasteiger partial charge >= 0.3 is 5.97 Å². The molecule has 0 aliphatic rings. The van der Waals surface area contributed by atoms with E-state index in [1.807, 2.05) is 19.1 Å². The smallest absolute Gasteiger partial charge is 0.305 e. The lowest BCUT2D eigenvalue weighted by atomic mass is 9.96. The van der Waals surface area contributed by atoms with Gasteiger partial charge in [0.1, 0.15) is 12.7 Å². The minimum atomic E-state index is -0.994. The second-order valence-electron chi connectivity index (χ2n) is 5.00. The van der Waals surface area contributed by atoms with Gasteiger partial charge in [0.15, 0.2) is 0 Å². The third-order valence-electron chi connectivity index (χ3n) is 3.31. The predicted octanol–water partition coefficient (Wildman–Crippen LogP) is 2.47. The first-order chi connectivity index (χ1) is 10.1. The van der Waals surface area contributed by atoms with E-state index >= 15 is 0 Å². The fourth-order valence-corrected chi connectivity index (χ4v) is 2.10. The van der Waals surface area contributed by atoms with Gasteiger partial charge < -0.3 is 14.9 Å². The van der Waals surface area contributed by atoms with Crippen molar-refractivity contribution in [2.24, 2.45) is 0 Å². The maximum Gasteiger partial charge on any atom is 0.305 e. The fourth-order valence-electron chi connectivity index (χ4n) is 2.10. The Kier molecular flexibility index (Phi) is 7.72. The van der Waals surface area contributed by atoms with Crippen LogP contribution in [0, 0.1) is 6.92 Å². The number of benzene rings is 1. The summed E-state index contributed by atoms with van der Waals surface area (Å²) in [7, 11) is 0. The van der Waals surface area contributed by atoms with Crippen LogP contribution in [0.25, 0.3) is 5.57 Å². The van der Waals surface area contributed by atoms with Gasteiger partial charge in [0.2, 0.25) is 0 Å². The predicted molar refractivity (Wildman–Crippen MR) is 82.7 cm³/mol. The van der Waals surface area contributed by atoms with Gasteiger partial charge in [0.25, 0.3) is 0 Å². The third-order valence-corrected chi connectivity index (χ3v) is 3.31. The summed E-state index contributed by atoms with van der Waals surface area (Å²) >= 11 is 0. The number of rotatable bonds is 8. The van der Waals surface area contributed by atoms with Crippen molar-refractivity contribution in [2.45, 2.75) is 39.2 Å². The van der Waals surface area contributed by atoms with Crippen molar-refractivity contribution in [1.82, 2.24) is 0 Å². The van der Waals surface area contributed by atoms with Crippen molar-refractivity contribution in [1.29, 1.82) is 0 Å². The Bertz CT molecular complexity index is 479. The minimum absolute atomic E-state index is 0.149. The molecular formula is C17H24O4. The van der Waals surface area contributed by atoms with E-state index in [-0.39, 0.29) is 12.6 Å². The van der Waals surface area contributed by atoms with Gasteiger partial charge in [-0.05, 0) is 43.4 Å². The highest BCUT2D eigenvalue weighted by atomic mass is 16.5. The number of carbonyl (C=O) groups is 1. The van der Waals surface area contributed by atoms with Crippen LogP contribution in [0.15, 0.2) is 30.3 Å². The van der Waals surface area contributed by atoms with E-state index < -0.39 is 12.7 Å². The summed E-state index contributed by atoms with van der Waals surface area (Å²) in [4.78, 5) is 11.5. The molecule has 0 spiro atoms. The van der Waals surface area contributed by atoms with E-state index in [9.17, 15) is 4.79 Å². The molecule has 0 amide bonds. The summed E-state index contributed by atoms with van der Waals surface area (Å²) in [6.45, 7) is 3.52. The Morgan fingerprint density at radius 3 is 2.67 bits per heavy atom. The number of hydrogen-bond acceptors (Lipinski definition) is 4. The lowest BCUT2D eigenvalue weighted by Crippen LogP contribution is -2.21. The van der Waals surface area contributed by atoms with Crippen LogP contribution < -0.4 is 0 Å². The van der Waals surface area contributed by atoms with E-state index in [0.29, 0.717) is 12.8 Å². The van der Waals surface area contributed by atoms with Crippen LogP contribution in [0.1, 0.15) is 37.3 Å². The standard InChI is InChI=1S/C17H24O4/c1-3-14(16-9-5-4-7-13(16)2)8-6-10-17(20)21-12-15(19)11-18/h3-5,7,9,15,18-19H,6,8,10-12H2,1-2H3/b14-3-. The van der Waals surface area contributed by atoms with Crippen LogP contribution in [0.2, 0.25) is 0 Å². The molecule has 4 nitrogen and oxygen atoms in total. The highest BCUT2D eigenvalue weighted by Crippen LogP contribution is 2.23. The summed E-state index contributed by atoms with van der Waals surface area (Å²) in [6.07, 6.45) is 2.89. The Balaban J connectivity index is 2.40. The van der Waals surface area contributed by atoms with Crippen molar-refractivity contribution in [3.8, 4) is 0 Å². The summed E-state index contributed by atoms with van der Waals surface area (Å²) < 4.78 is 4.87. The highest BCUT2D eigenvalue weighted by molar-refractivity contribution is 5.71. The van der Waals surface area contributed by atoms with Crippen molar-refractivity contribution in [2.75, 3.05) is 13.2 Å². The van der Waals surface area contributed by atoms with E-state index in [1.54, 1.807) is 0 Å². The number of allylic oxidation sites excluding steroid dienone is 2. The van der Waals surface area contributed by atoms with Crippen LogP contribution in [0.5, 0.6) is 0 Å². The van der Waals surface area contributed by atoms with Crippen molar-refractivity contribution in [3.63, 3.8) is 0 Å². The lowest BCUT2D eigenvalue weighted by molar-refractivity contribution is -0.147. The van der Waals surface area contributed by atoms with Crippen LogP contribution in [0.4, 0.5) is 0 Å². The molecule has 0 aromatic heterocycles. The quantitative estimate of drug-likeness (QED) is 0.722. The zero-order chi connectivity index (χ0) is 15.7. The topological polar surface area (TPSA) is 66.8 Å². The Morgan fingerprint density at radius 2 is 2.05 bits per heavy atom. The van der Waals surface area contributed by atoms with Crippen molar-refractivity contribution in [3.05, 3.63) is 41.5 Å². The normalized spacial score (nSPS) is 13.0. The fraction of sp³-hybridized carbons (Fsp3) is 0.471. The van der Waals surface area contributed by atoms with E-state index in [0.717, 1.165) is 6.42 Å².